The molecular weight excluding hydrogens is 312 g/mol. The van der Waals surface area contributed by atoms with Crippen LogP contribution in [0.25, 0.3) is 0 Å². The molecular formula is C17H21F2N5. The summed E-state index contributed by atoms with van der Waals surface area (Å²) in [5, 5.41) is 0. The largest absolute Gasteiger partial charge is 0.355 e. The van der Waals surface area contributed by atoms with E-state index in [2.05, 4.69) is 24.8 Å². The Morgan fingerprint density at radius 1 is 1.25 bits per heavy atom. The highest BCUT2D eigenvalue weighted by Crippen LogP contribution is 2.22. The summed E-state index contributed by atoms with van der Waals surface area (Å²) >= 11 is 0. The molecule has 2 aromatic heterocycles. The minimum absolute atomic E-state index is 0.0891. The summed E-state index contributed by atoms with van der Waals surface area (Å²) in [6.45, 7) is 3.75. The van der Waals surface area contributed by atoms with E-state index in [1.807, 2.05) is 20.0 Å². The molecule has 3 rings (SSSR count). The molecule has 1 aliphatic rings. The molecule has 0 saturated carbocycles. The van der Waals surface area contributed by atoms with Gasteiger partial charge in [-0.1, -0.05) is 0 Å². The van der Waals surface area contributed by atoms with E-state index >= 15 is 0 Å². The standard InChI is InChI=1S/C17H21F2N5/c1-12-6-17(22-11-21-12)23(2)13-4-3-5-24(9-13)10-14-15(18)7-20-8-16(14)19/h6-8,11,13H,3-5,9-10H2,1-2H3. The van der Waals surface area contributed by atoms with Crippen LogP contribution >= 0.6 is 0 Å². The van der Waals surface area contributed by atoms with Crippen molar-refractivity contribution in [2.75, 3.05) is 25.0 Å². The van der Waals surface area contributed by atoms with Crippen molar-refractivity contribution in [2.45, 2.75) is 32.4 Å². The van der Waals surface area contributed by atoms with Crippen molar-refractivity contribution in [3.63, 3.8) is 0 Å². The quantitative estimate of drug-likeness (QED) is 0.860. The first-order valence-electron chi connectivity index (χ1n) is 8.06. The van der Waals surface area contributed by atoms with Gasteiger partial charge < -0.3 is 4.90 Å². The summed E-state index contributed by atoms with van der Waals surface area (Å²) in [6.07, 6.45) is 5.69. The Kier molecular flexibility index (Phi) is 4.99. The van der Waals surface area contributed by atoms with Gasteiger partial charge in [0.2, 0.25) is 0 Å². The van der Waals surface area contributed by atoms with Crippen LogP contribution in [-0.2, 0) is 6.54 Å². The van der Waals surface area contributed by atoms with E-state index in [1.165, 1.54) is 0 Å². The van der Waals surface area contributed by atoms with E-state index in [1.54, 1.807) is 6.33 Å². The minimum atomic E-state index is -0.586. The fourth-order valence-electron chi connectivity index (χ4n) is 3.12. The van der Waals surface area contributed by atoms with Crippen molar-refractivity contribution in [2.24, 2.45) is 0 Å². The number of halogens is 2. The molecule has 1 unspecified atom stereocenters. The number of hydrogen-bond donors (Lipinski definition) is 0. The maximum absolute atomic E-state index is 13.8. The summed E-state index contributed by atoms with van der Waals surface area (Å²) in [5.41, 5.74) is 1.01. The van der Waals surface area contributed by atoms with Gasteiger partial charge in [0, 0.05) is 43.5 Å². The molecule has 1 aliphatic heterocycles. The summed E-state index contributed by atoms with van der Waals surface area (Å²) < 4.78 is 27.6. The molecule has 1 saturated heterocycles. The van der Waals surface area contributed by atoms with E-state index in [9.17, 15) is 8.78 Å². The van der Waals surface area contributed by atoms with Gasteiger partial charge in [0.15, 0.2) is 0 Å². The molecule has 0 amide bonds. The van der Waals surface area contributed by atoms with Crippen molar-refractivity contribution in [1.29, 1.82) is 0 Å². The lowest BCUT2D eigenvalue weighted by Gasteiger charge is -2.38. The van der Waals surface area contributed by atoms with Crippen molar-refractivity contribution in [3.8, 4) is 0 Å². The van der Waals surface area contributed by atoms with E-state index in [0.29, 0.717) is 0 Å². The molecule has 0 aromatic carbocycles. The van der Waals surface area contributed by atoms with Crippen molar-refractivity contribution < 1.29 is 8.78 Å². The number of likely N-dealkylation sites (tertiary alicyclic amines) is 1. The zero-order valence-corrected chi connectivity index (χ0v) is 13.9. The highest BCUT2D eigenvalue weighted by atomic mass is 19.1. The van der Waals surface area contributed by atoms with Gasteiger partial charge in [-0.15, -0.1) is 0 Å². The minimum Gasteiger partial charge on any atom is -0.355 e. The van der Waals surface area contributed by atoms with E-state index in [4.69, 9.17) is 0 Å². The number of likely N-dealkylation sites (N-methyl/N-ethyl adjacent to an activating group) is 1. The van der Waals surface area contributed by atoms with Gasteiger partial charge in [-0.25, -0.2) is 18.7 Å². The van der Waals surface area contributed by atoms with Gasteiger partial charge >= 0.3 is 0 Å². The Bertz CT molecular complexity index is 689. The molecule has 1 fully saturated rings. The van der Waals surface area contributed by atoms with E-state index in [0.717, 1.165) is 49.8 Å². The van der Waals surface area contributed by atoms with Gasteiger partial charge in [0.1, 0.15) is 23.8 Å². The maximum atomic E-state index is 13.8. The van der Waals surface area contributed by atoms with Crippen LogP contribution in [0, 0.1) is 18.6 Å². The SMILES string of the molecule is Cc1cc(N(C)C2CCCN(Cc3c(F)cncc3F)C2)ncn1. The van der Waals surface area contributed by atoms with Crippen molar-refractivity contribution in [1.82, 2.24) is 19.9 Å². The molecule has 0 spiro atoms. The number of hydrogen-bond acceptors (Lipinski definition) is 5. The van der Waals surface area contributed by atoms with Gasteiger partial charge in [-0.3, -0.25) is 9.88 Å². The molecule has 128 valence electrons. The second-order valence-corrected chi connectivity index (χ2v) is 6.24. The second kappa shape index (κ2) is 7.17. The lowest BCUT2D eigenvalue weighted by atomic mass is 10.0. The summed E-state index contributed by atoms with van der Waals surface area (Å²) in [7, 11) is 2.00. The van der Waals surface area contributed by atoms with Crippen LogP contribution < -0.4 is 4.90 Å². The summed E-state index contributed by atoms with van der Waals surface area (Å²) in [6, 6.07) is 2.20. The number of aryl methyl sites for hydroxylation is 1. The van der Waals surface area contributed by atoms with Gasteiger partial charge in [-0.2, -0.15) is 0 Å². The van der Waals surface area contributed by atoms with E-state index in [-0.39, 0.29) is 18.2 Å². The van der Waals surface area contributed by atoms with E-state index < -0.39 is 11.6 Å². The number of pyridine rings is 1. The molecule has 2 aromatic rings. The average molecular weight is 333 g/mol. The van der Waals surface area contributed by atoms with Gasteiger partial charge in [-0.05, 0) is 26.3 Å². The average Bonchev–Trinajstić information content (AvgIpc) is 2.58. The Labute approximate surface area is 140 Å². The van der Waals surface area contributed by atoms with Crippen LogP contribution in [0.4, 0.5) is 14.6 Å². The zero-order valence-electron chi connectivity index (χ0n) is 13.9. The van der Waals surface area contributed by atoms with Crippen LogP contribution in [-0.4, -0.2) is 46.0 Å². The van der Waals surface area contributed by atoms with Gasteiger partial charge in [0.25, 0.3) is 0 Å². The topological polar surface area (TPSA) is 45.2 Å². The monoisotopic (exact) mass is 333 g/mol. The predicted octanol–water partition coefficient (Wildman–Crippen LogP) is 2.56. The Morgan fingerprint density at radius 2 is 2.00 bits per heavy atom. The van der Waals surface area contributed by atoms with Gasteiger partial charge in [0.05, 0.1) is 12.4 Å². The third kappa shape index (κ3) is 3.67. The maximum Gasteiger partial charge on any atom is 0.148 e. The van der Waals surface area contributed by atoms with Crippen LogP contribution in [0.2, 0.25) is 0 Å². The number of nitrogens with zero attached hydrogens (tertiary/aromatic N) is 5. The third-order valence-electron chi connectivity index (χ3n) is 4.51. The predicted molar refractivity (Wildman–Crippen MR) is 87.6 cm³/mol. The number of aromatic nitrogens is 3. The molecule has 0 aliphatic carbocycles. The number of anilines is 1. The molecule has 0 radical (unpaired) electrons. The van der Waals surface area contributed by atoms with Crippen molar-refractivity contribution >= 4 is 5.82 Å². The van der Waals surface area contributed by atoms with Crippen LogP contribution in [0.1, 0.15) is 24.1 Å². The smallest absolute Gasteiger partial charge is 0.148 e. The second-order valence-electron chi connectivity index (χ2n) is 6.24. The molecule has 1 atom stereocenters. The summed E-state index contributed by atoms with van der Waals surface area (Å²) in [5.74, 6) is -0.301. The Morgan fingerprint density at radius 3 is 2.71 bits per heavy atom. The van der Waals surface area contributed by atoms with Crippen LogP contribution in [0.3, 0.4) is 0 Å². The van der Waals surface area contributed by atoms with Crippen LogP contribution in [0.15, 0.2) is 24.8 Å². The van der Waals surface area contributed by atoms with Crippen molar-refractivity contribution in [3.05, 3.63) is 47.7 Å². The first kappa shape index (κ1) is 16.7. The molecule has 24 heavy (non-hydrogen) atoms. The Hall–Kier alpha value is -2.15. The summed E-state index contributed by atoms with van der Waals surface area (Å²) in [4.78, 5) is 16.2. The number of piperidine rings is 1. The molecule has 3 heterocycles. The normalized spacial score (nSPS) is 18.6. The Balaban J connectivity index is 1.70. The molecule has 0 bridgehead atoms. The number of rotatable bonds is 4. The molecule has 7 heteroatoms. The fourth-order valence-corrected chi connectivity index (χ4v) is 3.12. The first-order chi connectivity index (χ1) is 11.5. The lowest BCUT2D eigenvalue weighted by Crippen LogP contribution is -2.46. The molecule has 5 nitrogen and oxygen atoms in total. The fraction of sp³-hybridized carbons (Fsp3) is 0.471. The highest BCUT2D eigenvalue weighted by molar-refractivity contribution is 5.39. The zero-order chi connectivity index (χ0) is 17.1. The first-order valence-corrected chi connectivity index (χ1v) is 8.06. The third-order valence-corrected chi connectivity index (χ3v) is 4.51. The lowest BCUT2D eigenvalue weighted by molar-refractivity contribution is 0.193. The highest BCUT2D eigenvalue weighted by Gasteiger charge is 2.25. The molecule has 0 N–H and O–H groups in total. The van der Waals surface area contributed by atoms with Crippen LogP contribution in [0.5, 0.6) is 0 Å².